The fourth-order valence-electron chi connectivity index (χ4n) is 4.41. The molecule has 2 aromatic carbocycles. The Morgan fingerprint density at radius 3 is 1.53 bits per heavy atom. The van der Waals surface area contributed by atoms with Crippen molar-refractivity contribution in [1.29, 1.82) is 0 Å². The van der Waals surface area contributed by atoms with Gasteiger partial charge in [0.1, 0.15) is 11.5 Å². The first-order valence-electron chi connectivity index (χ1n) is 12.2. The molecule has 0 aliphatic heterocycles. The SMILES string of the molecule is CCCCCCCCCC(c1ccc(O)c(CCC)c1)c1ccc(O)c(CCC)c1. The molecule has 2 N–H and O–H groups in total. The van der Waals surface area contributed by atoms with Crippen molar-refractivity contribution in [3.05, 3.63) is 58.7 Å². The maximum Gasteiger partial charge on any atom is 0.118 e. The van der Waals surface area contributed by atoms with Crippen molar-refractivity contribution >= 4 is 0 Å². The number of phenols is 2. The lowest BCUT2D eigenvalue weighted by Gasteiger charge is -2.21. The molecule has 0 bridgehead atoms. The van der Waals surface area contributed by atoms with Crippen molar-refractivity contribution in [2.45, 2.75) is 104 Å². The lowest BCUT2D eigenvalue weighted by atomic mass is 9.84. The van der Waals surface area contributed by atoms with Crippen molar-refractivity contribution in [2.75, 3.05) is 0 Å². The molecule has 0 heterocycles. The summed E-state index contributed by atoms with van der Waals surface area (Å²) in [5.41, 5.74) is 4.67. The Hall–Kier alpha value is -1.96. The summed E-state index contributed by atoms with van der Waals surface area (Å²) in [4.78, 5) is 0. The average Bonchev–Trinajstić information content (AvgIpc) is 2.74. The highest BCUT2D eigenvalue weighted by atomic mass is 16.3. The van der Waals surface area contributed by atoms with Gasteiger partial charge >= 0.3 is 0 Å². The highest BCUT2D eigenvalue weighted by Crippen LogP contribution is 2.35. The van der Waals surface area contributed by atoms with Crippen LogP contribution in [-0.2, 0) is 12.8 Å². The van der Waals surface area contributed by atoms with E-state index in [-0.39, 0.29) is 0 Å². The van der Waals surface area contributed by atoms with E-state index in [4.69, 9.17) is 0 Å². The molecule has 30 heavy (non-hydrogen) atoms. The molecule has 0 aliphatic carbocycles. The first kappa shape index (κ1) is 24.3. The summed E-state index contributed by atoms with van der Waals surface area (Å²) in [7, 11) is 0. The molecule has 0 fully saturated rings. The van der Waals surface area contributed by atoms with Crippen molar-refractivity contribution in [2.24, 2.45) is 0 Å². The zero-order valence-electron chi connectivity index (χ0n) is 19.4. The number of aryl methyl sites for hydroxylation is 2. The van der Waals surface area contributed by atoms with Crippen LogP contribution in [0.3, 0.4) is 0 Å². The molecule has 2 nitrogen and oxygen atoms in total. The van der Waals surface area contributed by atoms with Crippen LogP contribution in [0.1, 0.15) is 113 Å². The van der Waals surface area contributed by atoms with Gasteiger partial charge in [0.15, 0.2) is 0 Å². The van der Waals surface area contributed by atoms with E-state index in [1.165, 1.54) is 56.1 Å². The molecular formula is C28H42O2. The van der Waals surface area contributed by atoms with E-state index >= 15 is 0 Å². The second-order valence-electron chi connectivity index (χ2n) is 8.74. The minimum Gasteiger partial charge on any atom is -0.508 e. The molecule has 0 saturated carbocycles. The zero-order valence-corrected chi connectivity index (χ0v) is 19.4. The fraction of sp³-hybridized carbons (Fsp3) is 0.571. The number of aromatic hydroxyl groups is 2. The molecule has 2 heteroatoms. The average molecular weight is 411 g/mol. The predicted octanol–water partition coefficient (Wildman–Crippen LogP) is 8.28. The van der Waals surface area contributed by atoms with Gasteiger partial charge in [-0.25, -0.2) is 0 Å². The molecule has 2 rings (SSSR count). The third-order valence-electron chi connectivity index (χ3n) is 6.15. The number of rotatable bonds is 14. The van der Waals surface area contributed by atoms with Gasteiger partial charge < -0.3 is 10.2 Å². The van der Waals surface area contributed by atoms with Crippen LogP contribution >= 0.6 is 0 Å². The highest BCUT2D eigenvalue weighted by molar-refractivity contribution is 5.44. The van der Waals surface area contributed by atoms with E-state index in [9.17, 15) is 10.2 Å². The normalized spacial score (nSPS) is 11.3. The number of benzene rings is 2. The summed E-state index contributed by atoms with van der Waals surface area (Å²) < 4.78 is 0. The molecule has 166 valence electrons. The van der Waals surface area contributed by atoms with Crippen LogP contribution in [0, 0.1) is 0 Å². The first-order chi connectivity index (χ1) is 14.6. The van der Waals surface area contributed by atoms with Gasteiger partial charge in [0.2, 0.25) is 0 Å². The van der Waals surface area contributed by atoms with E-state index in [0.29, 0.717) is 17.4 Å². The summed E-state index contributed by atoms with van der Waals surface area (Å²) >= 11 is 0. The largest absolute Gasteiger partial charge is 0.508 e. The molecule has 0 spiro atoms. The topological polar surface area (TPSA) is 40.5 Å². The van der Waals surface area contributed by atoms with Gasteiger partial charge in [-0.1, -0.05) is 103 Å². The summed E-state index contributed by atoms with van der Waals surface area (Å²) in [6, 6.07) is 12.3. The van der Waals surface area contributed by atoms with E-state index in [1.807, 2.05) is 12.1 Å². The molecule has 0 unspecified atom stereocenters. The van der Waals surface area contributed by atoms with Crippen molar-refractivity contribution < 1.29 is 10.2 Å². The first-order valence-corrected chi connectivity index (χ1v) is 12.2. The minimum atomic E-state index is 0.313. The summed E-state index contributed by atoms with van der Waals surface area (Å²) in [6.45, 7) is 6.57. The van der Waals surface area contributed by atoms with Crippen molar-refractivity contribution in [3.8, 4) is 11.5 Å². The van der Waals surface area contributed by atoms with Gasteiger partial charge in [-0.3, -0.25) is 0 Å². The maximum atomic E-state index is 10.3. The molecule has 0 aromatic heterocycles. The molecule has 0 radical (unpaired) electrons. The predicted molar refractivity (Wildman–Crippen MR) is 129 cm³/mol. The Morgan fingerprint density at radius 1 is 0.600 bits per heavy atom. The monoisotopic (exact) mass is 410 g/mol. The molecule has 0 atom stereocenters. The van der Waals surface area contributed by atoms with Gasteiger partial charge in [0.25, 0.3) is 0 Å². The number of hydrogen-bond acceptors (Lipinski definition) is 2. The van der Waals surface area contributed by atoms with E-state index in [0.717, 1.165) is 43.2 Å². The lowest BCUT2D eigenvalue weighted by Crippen LogP contribution is -2.04. The Labute approximate surface area is 184 Å². The number of hydrogen-bond donors (Lipinski definition) is 2. The van der Waals surface area contributed by atoms with Crippen molar-refractivity contribution in [1.82, 2.24) is 0 Å². The summed E-state index contributed by atoms with van der Waals surface area (Å²) in [5, 5.41) is 20.5. The summed E-state index contributed by atoms with van der Waals surface area (Å²) in [6.07, 6.45) is 14.1. The second-order valence-corrected chi connectivity index (χ2v) is 8.74. The van der Waals surface area contributed by atoms with Gasteiger partial charge in [-0.05, 0) is 53.6 Å². The minimum absolute atomic E-state index is 0.313. The third kappa shape index (κ3) is 7.38. The second kappa shape index (κ2) is 13.4. The quantitative estimate of drug-likeness (QED) is 0.308. The number of unbranched alkanes of at least 4 members (excludes halogenated alkanes) is 6. The Kier molecular flexibility index (Phi) is 10.8. The van der Waals surface area contributed by atoms with Crippen LogP contribution < -0.4 is 0 Å². The van der Waals surface area contributed by atoms with E-state index in [2.05, 4.69) is 45.0 Å². The van der Waals surface area contributed by atoms with Gasteiger partial charge in [0, 0.05) is 5.92 Å². The van der Waals surface area contributed by atoms with Crippen LogP contribution in [0.25, 0.3) is 0 Å². The van der Waals surface area contributed by atoms with Crippen LogP contribution in [0.4, 0.5) is 0 Å². The Morgan fingerprint density at radius 2 is 1.07 bits per heavy atom. The summed E-state index contributed by atoms with van der Waals surface area (Å²) in [5.74, 6) is 1.13. The molecule has 2 aromatic rings. The number of phenolic OH excluding ortho intramolecular Hbond substituents is 2. The van der Waals surface area contributed by atoms with E-state index < -0.39 is 0 Å². The van der Waals surface area contributed by atoms with Crippen LogP contribution in [0.5, 0.6) is 11.5 Å². The lowest BCUT2D eigenvalue weighted by molar-refractivity contribution is 0.466. The molecule has 0 aliphatic rings. The van der Waals surface area contributed by atoms with Crippen LogP contribution in [0.15, 0.2) is 36.4 Å². The smallest absolute Gasteiger partial charge is 0.118 e. The van der Waals surface area contributed by atoms with Crippen LogP contribution in [0.2, 0.25) is 0 Å². The highest BCUT2D eigenvalue weighted by Gasteiger charge is 2.17. The molecule has 0 saturated heterocycles. The molecular weight excluding hydrogens is 368 g/mol. The van der Waals surface area contributed by atoms with Crippen molar-refractivity contribution in [3.63, 3.8) is 0 Å². The van der Waals surface area contributed by atoms with Gasteiger partial charge in [-0.15, -0.1) is 0 Å². The molecule has 0 amide bonds. The van der Waals surface area contributed by atoms with Gasteiger partial charge in [-0.2, -0.15) is 0 Å². The Bertz CT molecular complexity index is 695. The van der Waals surface area contributed by atoms with Gasteiger partial charge in [0.05, 0.1) is 0 Å². The standard InChI is InChI=1S/C28H42O2/c1-4-7-8-9-10-11-12-15-26(22-16-18-27(29)24(20-22)13-5-2)23-17-19-28(30)25(21-23)14-6-3/h16-21,26,29-30H,4-15H2,1-3H3. The maximum absolute atomic E-state index is 10.3. The fourth-order valence-corrected chi connectivity index (χ4v) is 4.41. The zero-order chi connectivity index (χ0) is 21.8. The Balaban J connectivity index is 2.20. The van der Waals surface area contributed by atoms with Crippen LogP contribution in [-0.4, -0.2) is 10.2 Å². The third-order valence-corrected chi connectivity index (χ3v) is 6.15. The van der Waals surface area contributed by atoms with E-state index in [1.54, 1.807) is 0 Å².